The molecule has 6 nitrogen and oxygen atoms in total. The second-order valence-corrected chi connectivity index (χ2v) is 17.2. The fraction of sp³-hybridized carbons (Fsp3) is 0.875. The summed E-state index contributed by atoms with van der Waals surface area (Å²) < 4.78 is 9.15. The molecule has 16 atom stereocenters. The first-order chi connectivity index (χ1) is 15.6. The third kappa shape index (κ3) is 0.851. The number of carbonyl (C=O) groups is 3. The van der Waals surface area contributed by atoms with Crippen LogP contribution in [0.1, 0.15) is 0 Å². The number of Topliss-reactive ketones (excluding diaryl/α,β-unsaturated/α-hetero) is 1. The first-order valence-electron chi connectivity index (χ1n) is 12.1. The highest BCUT2D eigenvalue weighted by atomic mass is 79.9. The van der Waals surface area contributed by atoms with Crippen LogP contribution in [0.3, 0.4) is 0 Å². The highest BCUT2D eigenvalue weighted by molar-refractivity contribution is 9.10. The number of alkyl halides is 3. The van der Waals surface area contributed by atoms with Gasteiger partial charge in [0, 0.05) is 43.2 Å². The summed E-state index contributed by atoms with van der Waals surface area (Å²) in [5.41, 5.74) is -3.00. The number of ether oxygens (including phenoxy) is 2. The molecule has 12 aliphatic carbocycles. The molecule has 0 aromatic rings. The van der Waals surface area contributed by atoms with Crippen LogP contribution in [0.25, 0.3) is 0 Å². The van der Waals surface area contributed by atoms with Gasteiger partial charge in [-0.3, -0.25) is 14.4 Å². The quantitative estimate of drug-likeness (QED) is 0.363. The fourth-order valence-corrected chi connectivity index (χ4v) is 22.4. The standard InChI is InChI=1S/C24H19Br3O6/c1-32-16(29)18-10-5-6-11(18)23(27)15-4-3-7-9(28)8(4)21(23)13(6)19(25,17(30)33-2)12(5)20(7,21)22(10,26)14(3)24(15,18)31/h3-8,10-15,31H,1-2H3. The van der Waals surface area contributed by atoms with Gasteiger partial charge >= 0.3 is 11.9 Å². The van der Waals surface area contributed by atoms with Gasteiger partial charge < -0.3 is 14.6 Å². The molecule has 12 saturated carbocycles. The molecule has 12 fully saturated rings. The highest BCUT2D eigenvalue weighted by Crippen LogP contribution is 3.16. The number of aliphatic hydroxyl groups is 1. The number of methoxy groups -OCH3 is 2. The molecule has 16 unspecified atom stereocenters. The Morgan fingerprint density at radius 2 is 1.21 bits per heavy atom. The van der Waals surface area contributed by atoms with E-state index in [-0.39, 0.29) is 83.0 Å². The van der Waals surface area contributed by atoms with Crippen molar-refractivity contribution in [3.05, 3.63) is 0 Å². The fourth-order valence-electron chi connectivity index (χ4n) is 16.6. The van der Waals surface area contributed by atoms with Crippen molar-refractivity contribution in [2.24, 2.45) is 87.3 Å². The van der Waals surface area contributed by atoms with Crippen molar-refractivity contribution in [1.29, 1.82) is 0 Å². The first-order valence-corrected chi connectivity index (χ1v) is 14.5. The number of rotatable bonds is 2. The molecule has 33 heavy (non-hydrogen) atoms. The number of esters is 2. The Morgan fingerprint density at radius 1 is 0.758 bits per heavy atom. The maximum atomic E-state index is 14.2. The Labute approximate surface area is 213 Å². The van der Waals surface area contributed by atoms with E-state index in [9.17, 15) is 19.5 Å². The van der Waals surface area contributed by atoms with E-state index in [0.717, 1.165) is 0 Å². The van der Waals surface area contributed by atoms with E-state index in [4.69, 9.17) is 9.47 Å². The minimum atomic E-state index is -1.16. The summed E-state index contributed by atoms with van der Waals surface area (Å²) in [4.78, 5) is 41.9. The lowest BCUT2D eigenvalue weighted by atomic mass is 9.51. The lowest BCUT2D eigenvalue weighted by Crippen LogP contribution is -2.57. The molecule has 0 aromatic heterocycles. The Kier molecular flexibility index (Phi) is 2.15. The van der Waals surface area contributed by atoms with Gasteiger partial charge in [0.15, 0.2) is 0 Å². The molecule has 0 heterocycles. The van der Waals surface area contributed by atoms with Gasteiger partial charge in [-0.1, -0.05) is 47.8 Å². The van der Waals surface area contributed by atoms with Crippen LogP contribution in [0.15, 0.2) is 0 Å². The number of carbonyl (C=O) groups excluding carboxylic acids is 3. The summed E-state index contributed by atoms with van der Waals surface area (Å²) in [6.07, 6.45) is 0. The van der Waals surface area contributed by atoms with E-state index < -0.39 is 34.8 Å². The van der Waals surface area contributed by atoms with Crippen LogP contribution in [-0.2, 0) is 23.9 Å². The number of hydrogen-bond donors (Lipinski definition) is 1. The Bertz CT molecular complexity index is 1240. The van der Waals surface area contributed by atoms with E-state index >= 15 is 0 Å². The lowest BCUT2D eigenvalue weighted by Gasteiger charge is -2.54. The van der Waals surface area contributed by atoms with Crippen molar-refractivity contribution < 1.29 is 29.0 Å². The summed E-state index contributed by atoms with van der Waals surface area (Å²) in [5, 5.41) is 13.0. The van der Waals surface area contributed by atoms with Crippen molar-refractivity contribution in [3.63, 3.8) is 0 Å². The van der Waals surface area contributed by atoms with E-state index in [0.29, 0.717) is 5.78 Å². The lowest BCUT2D eigenvalue weighted by molar-refractivity contribution is -0.177. The van der Waals surface area contributed by atoms with Crippen LogP contribution in [0, 0.1) is 87.3 Å². The minimum absolute atomic E-state index is 0.0703. The smallest absolute Gasteiger partial charge is 0.323 e. The molecule has 0 aromatic carbocycles. The van der Waals surface area contributed by atoms with Crippen molar-refractivity contribution in [2.45, 2.75) is 18.6 Å². The molecule has 0 aliphatic heterocycles. The molecular formula is C24H19Br3O6. The van der Waals surface area contributed by atoms with Crippen LogP contribution in [-0.4, -0.2) is 55.6 Å². The minimum Gasteiger partial charge on any atom is -0.468 e. The maximum absolute atomic E-state index is 14.2. The zero-order chi connectivity index (χ0) is 22.6. The van der Waals surface area contributed by atoms with Crippen molar-refractivity contribution in [1.82, 2.24) is 0 Å². The zero-order valence-electron chi connectivity index (χ0n) is 17.6. The Hall–Kier alpha value is 0.01000. The van der Waals surface area contributed by atoms with Gasteiger partial charge in [-0.25, -0.2) is 0 Å². The van der Waals surface area contributed by atoms with E-state index in [1.165, 1.54) is 14.2 Å². The summed E-state index contributed by atoms with van der Waals surface area (Å²) in [6, 6.07) is 0. The van der Waals surface area contributed by atoms with Crippen LogP contribution in [0.5, 0.6) is 0 Å². The Balaban J connectivity index is 1.43. The average molecular weight is 643 g/mol. The Morgan fingerprint density at radius 3 is 1.64 bits per heavy atom. The van der Waals surface area contributed by atoms with Gasteiger partial charge in [0.1, 0.15) is 15.5 Å². The van der Waals surface area contributed by atoms with E-state index in [1.54, 1.807) is 0 Å². The van der Waals surface area contributed by atoms with Gasteiger partial charge in [0.05, 0.1) is 19.8 Å². The average Bonchev–Trinajstić information content (AvgIpc) is 3.60. The molecule has 2 spiro atoms. The van der Waals surface area contributed by atoms with Crippen LogP contribution < -0.4 is 0 Å². The second kappa shape index (κ2) is 3.89. The van der Waals surface area contributed by atoms with Crippen LogP contribution in [0.2, 0.25) is 0 Å². The monoisotopic (exact) mass is 640 g/mol. The molecule has 0 amide bonds. The SMILES string of the molecule is COC(=O)C1(Br)C2C3C4C5C6(Br)C7C8C9C%10C7(O)C5(C(=O)OC)C3C%10(Br)C23C9C(=O)C8C63C41. The van der Waals surface area contributed by atoms with E-state index in [1.807, 2.05) is 0 Å². The van der Waals surface area contributed by atoms with Crippen LogP contribution >= 0.6 is 47.8 Å². The molecule has 0 saturated heterocycles. The largest absolute Gasteiger partial charge is 0.468 e. The predicted molar refractivity (Wildman–Crippen MR) is 118 cm³/mol. The molecule has 1 N–H and O–H groups in total. The first kappa shape index (κ1) is 18.3. The van der Waals surface area contributed by atoms with Gasteiger partial charge in [-0.05, 0) is 47.3 Å². The highest BCUT2D eigenvalue weighted by Gasteiger charge is 3.22. The van der Waals surface area contributed by atoms with E-state index in [2.05, 4.69) is 47.8 Å². The van der Waals surface area contributed by atoms with Crippen molar-refractivity contribution >= 4 is 65.5 Å². The van der Waals surface area contributed by atoms with Gasteiger partial charge in [0.2, 0.25) is 0 Å². The molecule has 9 heteroatoms. The van der Waals surface area contributed by atoms with Crippen molar-refractivity contribution in [2.75, 3.05) is 14.2 Å². The molecule has 172 valence electrons. The van der Waals surface area contributed by atoms with Gasteiger partial charge in [0.25, 0.3) is 0 Å². The summed E-state index contributed by atoms with van der Waals surface area (Å²) in [5.74, 6) is -0.673. The number of hydrogen-bond acceptors (Lipinski definition) is 6. The summed E-state index contributed by atoms with van der Waals surface area (Å²) in [6.45, 7) is 0. The van der Waals surface area contributed by atoms with Crippen LogP contribution in [0.4, 0.5) is 0 Å². The maximum Gasteiger partial charge on any atom is 0.323 e. The molecule has 0 radical (unpaired) electrons. The molecule has 12 aliphatic rings. The number of halogens is 3. The summed E-state index contributed by atoms with van der Waals surface area (Å²) >= 11 is 12.8. The topological polar surface area (TPSA) is 89.9 Å². The van der Waals surface area contributed by atoms with Crippen molar-refractivity contribution in [3.8, 4) is 0 Å². The van der Waals surface area contributed by atoms with Gasteiger partial charge in [-0.15, -0.1) is 0 Å². The number of ketones is 1. The van der Waals surface area contributed by atoms with Gasteiger partial charge in [-0.2, -0.15) is 0 Å². The zero-order valence-corrected chi connectivity index (χ0v) is 22.3. The molecular weight excluding hydrogens is 624 g/mol. The molecule has 12 rings (SSSR count). The summed E-state index contributed by atoms with van der Waals surface area (Å²) in [7, 11) is 2.92. The third-order valence-corrected chi connectivity index (χ3v) is 19.4. The molecule has 4 bridgehead atoms. The predicted octanol–water partition coefficient (Wildman–Crippen LogP) is 1.54. The second-order valence-electron chi connectivity index (χ2n) is 13.3. The normalized spacial score (nSPS) is 83.4. The third-order valence-electron chi connectivity index (χ3n) is 14.8.